The van der Waals surface area contributed by atoms with E-state index in [1.165, 1.54) is 11.0 Å². The molecule has 0 spiro atoms. The number of aromatic nitrogens is 1. The van der Waals surface area contributed by atoms with E-state index in [0.717, 1.165) is 0 Å². The molecule has 1 aromatic rings. The second-order valence-corrected chi connectivity index (χ2v) is 3.97. The summed E-state index contributed by atoms with van der Waals surface area (Å²) in [6.07, 6.45) is 1.61. The fourth-order valence-electron chi connectivity index (χ4n) is 1.49. The number of rotatable bonds is 5. The number of carbonyl (C=O) groups excluding carboxylic acids is 1. The van der Waals surface area contributed by atoms with Crippen LogP contribution in [-0.2, 0) is 0 Å². The van der Waals surface area contributed by atoms with Crippen molar-refractivity contribution in [3.63, 3.8) is 0 Å². The SMILES string of the molecule is C=CCN(CCO)C(=O)c1cc(C)nc(Cl)c1. The van der Waals surface area contributed by atoms with Gasteiger partial charge in [0.25, 0.3) is 5.91 Å². The normalized spacial score (nSPS) is 10.1. The van der Waals surface area contributed by atoms with Crippen molar-refractivity contribution in [2.45, 2.75) is 6.92 Å². The van der Waals surface area contributed by atoms with E-state index in [1.807, 2.05) is 0 Å². The van der Waals surface area contributed by atoms with E-state index in [-0.39, 0.29) is 24.2 Å². The maximum atomic E-state index is 12.1. The Morgan fingerprint density at radius 2 is 2.35 bits per heavy atom. The minimum atomic E-state index is -0.189. The first-order valence-electron chi connectivity index (χ1n) is 5.23. The van der Waals surface area contributed by atoms with Gasteiger partial charge in [0, 0.05) is 24.3 Å². The summed E-state index contributed by atoms with van der Waals surface area (Å²) in [6.45, 7) is 5.92. The van der Waals surface area contributed by atoms with Gasteiger partial charge in [-0.25, -0.2) is 4.98 Å². The lowest BCUT2D eigenvalue weighted by atomic mass is 10.2. The van der Waals surface area contributed by atoms with E-state index in [4.69, 9.17) is 16.7 Å². The van der Waals surface area contributed by atoms with Crippen LogP contribution in [0.15, 0.2) is 24.8 Å². The van der Waals surface area contributed by atoms with Gasteiger partial charge < -0.3 is 10.0 Å². The molecule has 4 nitrogen and oxygen atoms in total. The Morgan fingerprint density at radius 3 is 2.88 bits per heavy atom. The molecule has 1 rings (SSSR count). The predicted octanol–water partition coefficient (Wildman–Crippen LogP) is 1.66. The van der Waals surface area contributed by atoms with Gasteiger partial charge in [0.15, 0.2) is 0 Å². The zero-order chi connectivity index (χ0) is 12.8. The number of hydrogen-bond donors (Lipinski definition) is 1. The Hall–Kier alpha value is -1.39. The molecule has 1 heterocycles. The molecular weight excluding hydrogens is 240 g/mol. The van der Waals surface area contributed by atoms with Crippen LogP contribution in [0.5, 0.6) is 0 Å². The third kappa shape index (κ3) is 3.84. The van der Waals surface area contributed by atoms with Crippen LogP contribution in [-0.4, -0.2) is 40.6 Å². The number of amides is 1. The minimum Gasteiger partial charge on any atom is -0.395 e. The van der Waals surface area contributed by atoms with E-state index in [1.54, 1.807) is 19.1 Å². The van der Waals surface area contributed by atoms with Crippen molar-refractivity contribution in [2.24, 2.45) is 0 Å². The predicted molar refractivity (Wildman–Crippen MR) is 67.2 cm³/mol. The quantitative estimate of drug-likeness (QED) is 0.642. The summed E-state index contributed by atoms with van der Waals surface area (Å²) in [5, 5.41) is 9.19. The molecule has 0 aliphatic carbocycles. The van der Waals surface area contributed by atoms with Crippen molar-refractivity contribution in [2.75, 3.05) is 19.7 Å². The fraction of sp³-hybridized carbons (Fsp3) is 0.333. The Bertz CT molecular complexity index is 401. The number of pyridine rings is 1. The van der Waals surface area contributed by atoms with E-state index >= 15 is 0 Å². The van der Waals surface area contributed by atoms with Gasteiger partial charge in [-0.1, -0.05) is 17.7 Å². The van der Waals surface area contributed by atoms with E-state index in [0.29, 0.717) is 17.8 Å². The highest BCUT2D eigenvalue weighted by Gasteiger charge is 2.15. The van der Waals surface area contributed by atoms with Gasteiger partial charge in [-0.3, -0.25) is 4.79 Å². The molecule has 1 aromatic heterocycles. The Labute approximate surface area is 106 Å². The van der Waals surface area contributed by atoms with Crippen LogP contribution in [0, 0.1) is 6.92 Å². The second kappa shape index (κ2) is 6.37. The number of aryl methyl sites for hydroxylation is 1. The lowest BCUT2D eigenvalue weighted by Gasteiger charge is -2.20. The van der Waals surface area contributed by atoms with Crippen LogP contribution in [0.4, 0.5) is 0 Å². The average Bonchev–Trinajstić information content (AvgIpc) is 2.26. The van der Waals surface area contributed by atoms with Crippen molar-refractivity contribution in [3.8, 4) is 0 Å². The monoisotopic (exact) mass is 254 g/mol. The van der Waals surface area contributed by atoms with E-state index in [2.05, 4.69) is 11.6 Å². The number of hydrogen-bond acceptors (Lipinski definition) is 3. The van der Waals surface area contributed by atoms with Crippen molar-refractivity contribution in [1.82, 2.24) is 9.88 Å². The van der Waals surface area contributed by atoms with Crippen molar-refractivity contribution in [1.29, 1.82) is 0 Å². The molecule has 0 aliphatic rings. The van der Waals surface area contributed by atoms with Gasteiger partial charge in [-0.05, 0) is 19.1 Å². The molecule has 1 N–H and O–H groups in total. The first-order chi connectivity index (χ1) is 8.08. The van der Waals surface area contributed by atoms with Gasteiger partial charge in [0.2, 0.25) is 0 Å². The van der Waals surface area contributed by atoms with Crippen LogP contribution in [0.3, 0.4) is 0 Å². The number of halogens is 1. The van der Waals surface area contributed by atoms with E-state index in [9.17, 15) is 4.79 Å². The zero-order valence-corrected chi connectivity index (χ0v) is 10.4. The third-order valence-corrected chi connectivity index (χ3v) is 2.37. The van der Waals surface area contributed by atoms with Crippen molar-refractivity contribution in [3.05, 3.63) is 41.2 Å². The summed E-state index contributed by atoms with van der Waals surface area (Å²) in [7, 11) is 0. The maximum absolute atomic E-state index is 12.1. The summed E-state index contributed by atoms with van der Waals surface area (Å²) in [5.74, 6) is -0.189. The van der Waals surface area contributed by atoms with Gasteiger partial charge in [0.1, 0.15) is 5.15 Å². The Kier molecular flexibility index (Phi) is 5.12. The summed E-state index contributed by atoms with van der Waals surface area (Å²) in [5.41, 5.74) is 1.15. The molecule has 0 atom stereocenters. The minimum absolute atomic E-state index is 0.0859. The molecule has 17 heavy (non-hydrogen) atoms. The molecule has 0 saturated carbocycles. The van der Waals surface area contributed by atoms with Gasteiger partial charge in [-0.2, -0.15) is 0 Å². The highest BCUT2D eigenvalue weighted by Crippen LogP contribution is 2.12. The van der Waals surface area contributed by atoms with Gasteiger partial charge in [0.05, 0.1) is 6.61 Å². The molecule has 92 valence electrons. The first kappa shape index (κ1) is 13.7. The first-order valence-corrected chi connectivity index (χ1v) is 5.61. The van der Waals surface area contributed by atoms with Crippen LogP contribution in [0.25, 0.3) is 0 Å². The summed E-state index contributed by atoms with van der Waals surface area (Å²) in [6, 6.07) is 3.19. The molecule has 1 amide bonds. The Balaban J connectivity index is 2.95. The third-order valence-electron chi connectivity index (χ3n) is 2.18. The van der Waals surface area contributed by atoms with Crippen molar-refractivity contribution >= 4 is 17.5 Å². The maximum Gasteiger partial charge on any atom is 0.254 e. The summed E-state index contributed by atoms with van der Waals surface area (Å²) < 4.78 is 0. The number of nitrogens with zero attached hydrogens (tertiary/aromatic N) is 2. The van der Waals surface area contributed by atoms with Gasteiger partial charge in [-0.15, -0.1) is 6.58 Å². The lowest BCUT2D eigenvalue weighted by molar-refractivity contribution is 0.0742. The van der Waals surface area contributed by atoms with Crippen molar-refractivity contribution < 1.29 is 9.90 Å². The highest BCUT2D eigenvalue weighted by atomic mass is 35.5. The fourth-order valence-corrected chi connectivity index (χ4v) is 1.74. The molecule has 0 aliphatic heterocycles. The number of aliphatic hydroxyl groups excluding tert-OH is 1. The molecule has 0 fully saturated rings. The Morgan fingerprint density at radius 1 is 1.65 bits per heavy atom. The smallest absolute Gasteiger partial charge is 0.254 e. The lowest BCUT2D eigenvalue weighted by Crippen LogP contribution is -2.33. The number of aliphatic hydroxyl groups is 1. The molecule has 5 heteroatoms. The zero-order valence-electron chi connectivity index (χ0n) is 9.69. The summed E-state index contributed by atoms with van der Waals surface area (Å²) >= 11 is 5.80. The van der Waals surface area contributed by atoms with Gasteiger partial charge >= 0.3 is 0 Å². The molecule has 0 unspecified atom stereocenters. The average molecular weight is 255 g/mol. The highest BCUT2D eigenvalue weighted by molar-refractivity contribution is 6.29. The van der Waals surface area contributed by atoms with Crippen LogP contribution in [0.1, 0.15) is 16.1 Å². The standard InChI is InChI=1S/C12H15ClN2O2/c1-3-4-15(5-6-16)12(17)10-7-9(2)14-11(13)8-10/h3,7-8,16H,1,4-6H2,2H3. The van der Waals surface area contributed by atoms with Crippen LogP contribution in [0.2, 0.25) is 5.15 Å². The number of carbonyl (C=O) groups is 1. The second-order valence-electron chi connectivity index (χ2n) is 3.58. The molecule has 0 saturated heterocycles. The molecule has 0 aromatic carbocycles. The van der Waals surface area contributed by atoms with Crippen LogP contribution < -0.4 is 0 Å². The molecule has 0 radical (unpaired) electrons. The summed E-state index contributed by atoms with van der Waals surface area (Å²) in [4.78, 5) is 17.6. The van der Waals surface area contributed by atoms with E-state index < -0.39 is 0 Å². The molecule has 0 bridgehead atoms. The topological polar surface area (TPSA) is 53.4 Å². The largest absolute Gasteiger partial charge is 0.395 e. The molecular formula is C12H15ClN2O2. The van der Waals surface area contributed by atoms with Crippen LogP contribution >= 0.6 is 11.6 Å².